The van der Waals surface area contributed by atoms with E-state index in [1.807, 2.05) is 0 Å². The van der Waals surface area contributed by atoms with Crippen LogP contribution in [0, 0.1) is 21.4 Å². The summed E-state index contributed by atoms with van der Waals surface area (Å²) in [6, 6.07) is 3.59. The Morgan fingerprint density at radius 2 is 2.11 bits per heavy atom. The van der Waals surface area contributed by atoms with Gasteiger partial charge in [-0.3, -0.25) is 10.1 Å². The number of phenolic OH excluding ortho intramolecular Hbond substituents is 1. The van der Waals surface area contributed by atoms with Crippen molar-refractivity contribution < 1.29 is 20.2 Å². The van der Waals surface area contributed by atoms with E-state index in [9.17, 15) is 25.4 Å². The number of halogens is 1. The minimum atomic E-state index is -1.62. The van der Waals surface area contributed by atoms with Crippen LogP contribution < -0.4 is 0 Å². The van der Waals surface area contributed by atoms with Crippen molar-refractivity contribution in [3.63, 3.8) is 0 Å². The van der Waals surface area contributed by atoms with Crippen LogP contribution in [0.4, 0.5) is 5.69 Å². The maximum atomic E-state index is 10.7. The van der Waals surface area contributed by atoms with Crippen LogP contribution in [0.1, 0.15) is 17.2 Å². The van der Waals surface area contributed by atoms with E-state index in [4.69, 9.17) is 16.9 Å². The van der Waals surface area contributed by atoms with Gasteiger partial charge in [-0.05, 0) is 6.07 Å². The summed E-state index contributed by atoms with van der Waals surface area (Å²) in [6.07, 6.45) is -3.03. The fraction of sp³-hybridized carbons (Fsp3) is 0.300. The van der Waals surface area contributed by atoms with Gasteiger partial charge in [0.1, 0.15) is 6.10 Å². The normalized spacial score (nSPS) is 13.7. The predicted octanol–water partition coefficient (Wildman–Crippen LogP) is 0.805. The lowest BCUT2D eigenvalue weighted by Crippen LogP contribution is -2.20. The molecule has 0 aromatic heterocycles. The molecule has 0 amide bonds. The third-order valence-corrected chi connectivity index (χ3v) is 2.60. The van der Waals surface area contributed by atoms with Crippen LogP contribution in [0.15, 0.2) is 12.1 Å². The van der Waals surface area contributed by atoms with Crippen molar-refractivity contribution in [1.82, 2.24) is 0 Å². The molecule has 2 atom stereocenters. The predicted molar refractivity (Wildman–Crippen MR) is 61.2 cm³/mol. The van der Waals surface area contributed by atoms with E-state index in [2.05, 4.69) is 0 Å². The smallest absolute Gasteiger partial charge is 0.312 e. The summed E-state index contributed by atoms with van der Waals surface area (Å²) in [5.41, 5.74) is -1.14. The lowest BCUT2D eigenvalue weighted by molar-refractivity contribution is -0.386. The van der Waals surface area contributed by atoms with E-state index in [0.717, 1.165) is 12.1 Å². The highest BCUT2D eigenvalue weighted by molar-refractivity contribution is 6.18. The third kappa shape index (κ3) is 2.68. The summed E-state index contributed by atoms with van der Waals surface area (Å²) < 4.78 is 0. The molecule has 0 saturated heterocycles. The van der Waals surface area contributed by atoms with E-state index in [1.54, 1.807) is 6.07 Å². The summed E-state index contributed by atoms with van der Waals surface area (Å²) in [4.78, 5) is 9.78. The molecule has 0 spiro atoms. The molecule has 0 bridgehead atoms. The van der Waals surface area contributed by atoms with Crippen LogP contribution in [0.2, 0.25) is 0 Å². The zero-order chi connectivity index (χ0) is 13.9. The Labute approximate surface area is 107 Å². The molecule has 2 unspecified atom stereocenters. The van der Waals surface area contributed by atoms with Gasteiger partial charge in [0.05, 0.1) is 28.5 Å². The van der Waals surface area contributed by atoms with Crippen LogP contribution in [0.3, 0.4) is 0 Å². The van der Waals surface area contributed by atoms with Gasteiger partial charge >= 0.3 is 5.69 Å². The Morgan fingerprint density at radius 1 is 1.50 bits per heavy atom. The molecule has 0 aliphatic carbocycles. The molecule has 18 heavy (non-hydrogen) atoms. The fourth-order valence-corrected chi connectivity index (χ4v) is 1.53. The molecular weight excluding hydrogens is 264 g/mol. The summed E-state index contributed by atoms with van der Waals surface area (Å²) in [5.74, 6) is -1.12. The fourth-order valence-electron chi connectivity index (χ4n) is 1.36. The van der Waals surface area contributed by atoms with Crippen molar-refractivity contribution >= 4 is 17.3 Å². The minimum Gasteiger partial charge on any atom is -0.502 e. The first kappa shape index (κ1) is 14.2. The maximum absolute atomic E-state index is 10.7. The summed E-state index contributed by atoms with van der Waals surface area (Å²) in [6.45, 7) is 0. The van der Waals surface area contributed by atoms with Gasteiger partial charge in [-0.2, -0.15) is 5.26 Å². The Kier molecular flexibility index (Phi) is 4.44. The van der Waals surface area contributed by atoms with E-state index < -0.39 is 28.6 Å². The minimum absolute atomic E-state index is 0.115. The highest BCUT2D eigenvalue weighted by atomic mass is 35.5. The van der Waals surface area contributed by atoms with E-state index in [1.165, 1.54) is 0 Å². The number of hydrogen-bond acceptors (Lipinski definition) is 6. The van der Waals surface area contributed by atoms with Gasteiger partial charge < -0.3 is 15.3 Å². The molecule has 0 heterocycles. The standard InChI is InChI=1S/C10H9ClN2O5/c11-3-8(14)10(16)6-1-5(4-12)2-7(9(6)15)13(17)18/h1-2,8,10,14-16H,3H2. The van der Waals surface area contributed by atoms with E-state index in [0.29, 0.717) is 0 Å². The first-order valence-corrected chi connectivity index (χ1v) is 5.29. The average Bonchev–Trinajstić information content (AvgIpc) is 2.36. The second-order valence-electron chi connectivity index (χ2n) is 3.47. The number of aromatic hydroxyl groups is 1. The van der Waals surface area contributed by atoms with Crippen molar-refractivity contribution in [1.29, 1.82) is 5.26 Å². The van der Waals surface area contributed by atoms with Gasteiger partial charge in [0, 0.05) is 11.6 Å². The number of hydrogen-bond donors (Lipinski definition) is 3. The highest BCUT2D eigenvalue weighted by Crippen LogP contribution is 2.36. The molecule has 0 fully saturated rings. The molecule has 0 aliphatic rings. The molecule has 3 N–H and O–H groups in total. The Balaban J connectivity index is 3.40. The molecule has 0 aliphatic heterocycles. The van der Waals surface area contributed by atoms with Gasteiger partial charge in [0.15, 0.2) is 5.75 Å². The van der Waals surface area contributed by atoms with Crippen molar-refractivity contribution in [2.75, 3.05) is 5.88 Å². The maximum Gasteiger partial charge on any atom is 0.312 e. The van der Waals surface area contributed by atoms with Gasteiger partial charge in [-0.15, -0.1) is 11.6 Å². The SMILES string of the molecule is N#Cc1cc(C(O)C(O)CCl)c(O)c([N+](=O)[O-])c1. The van der Waals surface area contributed by atoms with Crippen molar-refractivity contribution in [2.45, 2.75) is 12.2 Å². The molecule has 1 aromatic rings. The zero-order valence-electron chi connectivity index (χ0n) is 8.95. The Bertz CT molecular complexity index is 514. The molecule has 1 aromatic carbocycles. The Hall–Kier alpha value is -1.88. The number of aliphatic hydroxyl groups excluding tert-OH is 2. The van der Waals surface area contributed by atoms with E-state index in [-0.39, 0.29) is 17.0 Å². The average molecular weight is 273 g/mol. The molecular formula is C10H9ClN2O5. The number of alkyl halides is 1. The number of rotatable bonds is 4. The largest absolute Gasteiger partial charge is 0.502 e. The third-order valence-electron chi connectivity index (χ3n) is 2.29. The van der Waals surface area contributed by atoms with Gasteiger partial charge in [-0.1, -0.05) is 0 Å². The van der Waals surface area contributed by atoms with Crippen LogP contribution in [0.5, 0.6) is 5.75 Å². The van der Waals surface area contributed by atoms with Crippen LogP contribution in [-0.4, -0.2) is 32.2 Å². The summed E-state index contributed by atoms with van der Waals surface area (Å²) >= 11 is 5.33. The summed E-state index contributed by atoms with van der Waals surface area (Å²) in [7, 11) is 0. The van der Waals surface area contributed by atoms with Crippen molar-refractivity contribution in [3.8, 4) is 11.8 Å². The second kappa shape index (κ2) is 5.64. The van der Waals surface area contributed by atoms with Crippen LogP contribution in [0.25, 0.3) is 0 Å². The van der Waals surface area contributed by atoms with Gasteiger partial charge in [0.25, 0.3) is 0 Å². The number of phenols is 1. The quantitative estimate of drug-likeness (QED) is 0.423. The lowest BCUT2D eigenvalue weighted by atomic mass is 10.0. The highest BCUT2D eigenvalue weighted by Gasteiger charge is 2.27. The number of nitrogens with zero attached hydrogens (tertiary/aromatic N) is 2. The van der Waals surface area contributed by atoms with Gasteiger partial charge in [-0.25, -0.2) is 0 Å². The summed E-state index contributed by atoms with van der Waals surface area (Å²) in [5, 5.41) is 48.0. The van der Waals surface area contributed by atoms with Crippen LogP contribution >= 0.6 is 11.6 Å². The molecule has 1 rings (SSSR count). The number of nitro groups is 1. The molecule has 7 nitrogen and oxygen atoms in total. The van der Waals surface area contributed by atoms with Crippen LogP contribution in [-0.2, 0) is 0 Å². The number of nitriles is 1. The Morgan fingerprint density at radius 3 is 2.56 bits per heavy atom. The lowest BCUT2D eigenvalue weighted by Gasteiger charge is -2.16. The first-order chi connectivity index (χ1) is 8.42. The topological polar surface area (TPSA) is 128 Å². The molecule has 96 valence electrons. The van der Waals surface area contributed by atoms with Crippen molar-refractivity contribution in [2.24, 2.45) is 0 Å². The van der Waals surface area contributed by atoms with Crippen molar-refractivity contribution in [3.05, 3.63) is 33.4 Å². The monoisotopic (exact) mass is 272 g/mol. The molecule has 8 heteroatoms. The zero-order valence-corrected chi connectivity index (χ0v) is 9.70. The second-order valence-corrected chi connectivity index (χ2v) is 3.78. The number of aliphatic hydroxyl groups is 2. The first-order valence-electron chi connectivity index (χ1n) is 4.75. The molecule has 0 radical (unpaired) electrons. The van der Waals surface area contributed by atoms with E-state index >= 15 is 0 Å². The number of benzene rings is 1. The van der Waals surface area contributed by atoms with Gasteiger partial charge in [0.2, 0.25) is 0 Å². The number of nitro benzene ring substituents is 1. The molecule has 0 saturated carbocycles.